The zero-order chi connectivity index (χ0) is 13.0. The average molecular weight is 253 g/mol. The Morgan fingerprint density at radius 1 is 1.22 bits per heavy atom. The van der Waals surface area contributed by atoms with E-state index in [0.717, 1.165) is 18.5 Å². The third-order valence-electron chi connectivity index (χ3n) is 4.59. The summed E-state index contributed by atoms with van der Waals surface area (Å²) in [7, 11) is 0. The minimum absolute atomic E-state index is 0.665. The van der Waals surface area contributed by atoms with E-state index in [1.165, 1.54) is 52.0 Å². The Labute approximate surface area is 113 Å². The second-order valence-corrected chi connectivity index (χ2v) is 6.40. The van der Waals surface area contributed by atoms with E-state index in [9.17, 15) is 0 Å². The number of nitrogens with one attached hydrogen (secondary N) is 1. The molecule has 2 fully saturated rings. The van der Waals surface area contributed by atoms with Crippen LogP contribution in [-0.4, -0.2) is 61.2 Å². The smallest absolute Gasteiger partial charge is 0.0224 e. The molecule has 2 aliphatic rings. The van der Waals surface area contributed by atoms with Gasteiger partial charge in [-0.05, 0) is 38.3 Å². The number of hydrogen-bond donors (Lipinski definition) is 1. The first-order chi connectivity index (χ1) is 8.70. The van der Waals surface area contributed by atoms with Gasteiger partial charge in [-0.25, -0.2) is 0 Å². The molecule has 0 aliphatic carbocycles. The van der Waals surface area contributed by atoms with Gasteiger partial charge in [0.2, 0.25) is 0 Å². The molecule has 2 saturated heterocycles. The second kappa shape index (κ2) is 6.88. The highest BCUT2D eigenvalue weighted by molar-refractivity contribution is 4.88. The molecule has 0 aromatic carbocycles. The highest BCUT2D eigenvalue weighted by Gasteiger charge is 2.31. The number of fused-ring (bicyclic) bond motifs is 1. The van der Waals surface area contributed by atoms with Gasteiger partial charge < -0.3 is 5.32 Å². The molecule has 0 radical (unpaired) electrons. The number of piperazine rings is 1. The molecule has 2 heterocycles. The fourth-order valence-electron chi connectivity index (χ4n) is 3.34. The molecule has 1 N–H and O–H groups in total. The van der Waals surface area contributed by atoms with Gasteiger partial charge in [-0.2, -0.15) is 0 Å². The van der Waals surface area contributed by atoms with Crippen LogP contribution in [0.5, 0.6) is 0 Å². The molecule has 18 heavy (non-hydrogen) atoms. The molecular formula is C15H31N3. The minimum atomic E-state index is 0.665. The van der Waals surface area contributed by atoms with Crippen molar-refractivity contribution in [1.82, 2.24) is 15.1 Å². The maximum Gasteiger partial charge on any atom is 0.0224 e. The van der Waals surface area contributed by atoms with E-state index in [0.29, 0.717) is 6.04 Å². The molecule has 0 amide bonds. The highest BCUT2D eigenvalue weighted by Crippen LogP contribution is 2.21. The maximum atomic E-state index is 3.72. The van der Waals surface area contributed by atoms with Crippen LogP contribution in [-0.2, 0) is 0 Å². The van der Waals surface area contributed by atoms with Crippen LogP contribution in [0.1, 0.15) is 40.0 Å². The normalized spacial score (nSPS) is 27.7. The lowest BCUT2D eigenvalue weighted by atomic mass is 10.0. The molecule has 2 unspecified atom stereocenters. The van der Waals surface area contributed by atoms with Crippen LogP contribution < -0.4 is 5.32 Å². The van der Waals surface area contributed by atoms with Crippen molar-refractivity contribution in [3.05, 3.63) is 0 Å². The van der Waals surface area contributed by atoms with Gasteiger partial charge in [-0.1, -0.05) is 20.8 Å². The first-order valence-corrected chi connectivity index (χ1v) is 7.90. The van der Waals surface area contributed by atoms with E-state index in [4.69, 9.17) is 0 Å². The summed E-state index contributed by atoms with van der Waals surface area (Å²) in [5, 5.41) is 3.72. The van der Waals surface area contributed by atoms with E-state index in [2.05, 4.69) is 35.9 Å². The Balaban J connectivity index is 1.79. The molecule has 2 rings (SSSR count). The molecule has 0 aromatic rings. The quantitative estimate of drug-likeness (QED) is 0.778. The lowest BCUT2D eigenvalue weighted by Gasteiger charge is -2.39. The molecular weight excluding hydrogens is 222 g/mol. The predicted molar refractivity (Wildman–Crippen MR) is 78.0 cm³/mol. The van der Waals surface area contributed by atoms with Crippen LogP contribution in [0.4, 0.5) is 0 Å². The van der Waals surface area contributed by atoms with Gasteiger partial charge in [0.25, 0.3) is 0 Å². The van der Waals surface area contributed by atoms with Gasteiger partial charge in [-0.15, -0.1) is 0 Å². The van der Waals surface area contributed by atoms with E-state index >= 15 is 0 Å². The molecule has 2 atom stereocenters. The van der Waals surface area contributed by atoms with Gasteiger partial charge in [-0.3, -0.25) is 9.80 Å². The second-order valence-electron chi connectivity index (χ2n) is 6.40. The van der Waals surface area contributed by atoms with Crippen molar-refractivity contribution >= 4 is 0 Å². The monoisotopic (exact) mass is 253 g/mol. The summed E-state index contributed by atoms with van der Waals surface area (Å²) in [6, 6.07) is 1.52. The molecule has 0 spiro atoms. The summed E-state index contributed by atoms with van der Waals surface area (Å²) in [6.45, 7) is 14.6. The average Bonchev–Trinajstić information content (AvgIpc) is 2.81. The zero-order valence-electron chi connectivity index (χ0n) is 12.5. The molecule has 3 heteroatoms. The number of hydrogen-bond acceptors (Lipinski definition) is 3. The summed E-state index contributed by atoms with van der Waals surface area (Å²) in [5.41, 5.74) is 0. The van der Waals surface area contributed by atoms with Crippen LogP contribution in [0.3, 0.4) is 0 Å². The van der Waals surface area contributed by atoms with Crippen molar-refractivity contribution in [2.75, 3.05) is 39.3 Å². The fourth-order valence-corrected chi connectivity index (χ4v) is 3.34. The van der Waals surface area contributed by atoms with Crippen molar-refractivity contribution in [1.29, 1.82) is 0 Å². The Bertz CT molecular complexity index is 242. The summed E-state index contributed by atoms with van der Waals surface area (Å²) in [5.74, 6) is 0.734. The third-order valence-corrected chi connectivity index (χ3v) is 4.59. The highest BCUT2D eigenvalue weighted by atomic mass is 15.3. The molecule has 0 bridgehead atoms. The molecule has 0 aromatic heterocycles. The zero-order valence-corrected chi connectivity index (χ0v) is 12.5. The molecule has 2 aliphatic heterocycles. The molecule has 3 nitrogen and oxygen atoms in total. The maximum absolute atomic E-state index is 3.72. The van der Waals surface area contributed by atoms with Crippen molar-refractivity contribution in [3.63, 3.8) is 0 Å². The largest absolute Gasteiger partial charge is 0.312 e. The Morgan fingerprint density at radius 2 is 2.06 bits per heavy atom. The van der Waals surface area contributed by atoms with Crippen LogP contribution in [0.15, 0.2) is 0 Å². The number of rotatable bonds is 6. The lowest BCUT2D eigenvalue weighted by Crippen LogP contribution is -2.54. The third kappa shape index (κ3) is 3.69. The first kappa shape index (κ1) is 14.3. The SMILES string of the molecule is CCCNC(CN1CCN2CCCC2C1)C(C)C. The predicted octanol–water partition coefficient (Wildman–Crippen LogP) is 1.79. The lowest BCUT2D eigenvalue weighted by molar-refractivity contribution is 0.0912. The standard InChI is InChI=1S/C15H31N3/c1-4-7-16-15(13(2)3)12-17-9-10-18-8-5-6-14(18)11-17/h13-16H,4-12H2,1-3H3. The van der Waals surface area contributed by atoms with Crippen molar-refractivity contribution < 1.29 is 0 Å². The van der Waals surface area contributed by atoms with Crippen LogP contribution >= 0.6 is 0 Å². The summed E-state index contributed by atoms with van der Waals surface area (Å²) < 4.78 is 0. The van der Waals surface area contributed by atoms with E-state index in [1.807, 2.05) is 0 Å². The summed E-state index contributed by atoms with van der Waals surface area (Å²) >= 11 is 0. The van der Waals surface area contributed by atoms with Gasteiger partial charge in [0.05, 0.1) is 0 Å². The van der Waals surface area contributed by atoms with Gasteiger partial charge in [0.1, 0.15) is 0 Å². The van der Waals surface area contributed by atoms with E-state index in [-0.39, 0.29) is 0 Å². The van der Waals surface area contributed by atoms with Crippen molar-refractivity contribution in [3.8, 4) is 0 Å². The van der Waals surface area contributed by atoms with Crippen LogP contribution in [0.2, 0.25) is 0 Å². The van der Waals surface area contributed by atoms with Crippen molar-refractivity contribution in [2.24, 2.45) is 5.92 Å². The Kier molecular flexibility index (Phi) is 5.46. The van der Waals surface area contributed by atoms with Gasteiger partial charge in [0, 0.05) is 38.3 Å². The van der Waals surface area contributed by atoms with Crippen molar-refractivity contribution in [2.45, 2.75) is 52.1 Å². The molecule has 0 saturated carbocycles. The van der Waals surface area contributed by atoms with Crippen LogP contribution in [0, 0.1) is 5.92 Å². The van der Waals surface area contributed by atoms with Gasteiger partial charge in [0.15, 0.2) is 0 Å². The summed E-state index contributed by atoms with van der Waals surface area (Å²) in [6.07, 6.45) is 4.07. The Morgan fingerprint density at radius 3 is 2.78 bits per heavy atom. The fraction of sp³-hybridized carbons (Fsp3) is 1.00. The minimum Gasteiger partial charge on any atom is -0.312 e. The Hall–Kier alpha value is -0.120. The topological polar surface area (TPSA) is 18.5 Å². The molecule has 106 valence electrons. The summed E-state index contributed by atoms with van der Waals surface area (Å²) in [4.78, 5) is 5.39. The van der Waals surface area contributed by atoms with Gasteiger partial charge >= 0.3 is 0 Å². The van der Waals surface area contributed by atoms with E-state index in [1.54, 1.807) is 0 Å². The van der Waals surface area contributed by atoms with E-state index < -0.39 is 0 Å². The van der Waals surface area contributed by atoms with Crippen LogP contribution in [0.25, 0.3) is 0 Å². The number of nitrogens with zero attached hydrogens (tertiary/aromatic N) is 2. The first-order valence-electron chi connectivity index (χ1n) is 7.90.